The minimum atomic E-state index is -3.52. The van der Waals surface area contributed by atoms with Crippen LogP contribution in [-0.2, 0) is 26.0 Å². The van der Waals surface area contributed by atoms with E-state index in [1.807, 2.05) is 6.92 Å². The van der Waals surface area contributed by atoms with Gasteiger partial charge in [-0.3, -0.25) is 0 Å². The fourth-order valence-electron chi connectivity index (χ4n) is 2.65. The molecule has 1 aromatic carbocycles. The summed E-state index contributed by atoms with van der Waals surface area (Å²) in [5, 5.41) is 6.32. The summed E-state index contributed by atoms with van der Waals surface area (Å²) in [5.74, 6) is 0.699. The lowest BCUT2D eigenvalue weighted by molar-refractivity contribution is 0.114. The van der Waals surface area contributed by atoms with E-state index < -0.39 is 10.0 Å². The van der Waals surface area contributed by atoms with Crippen LogP contribution in [0.1, 0.15) is 25.3 Å². The van der Waals surface area contributed by atoms with E-state index >= 15 is 0 Å². The van der Waals surface area contributed by atoms with Gasteiger partial charge in [0.15, 0.2) is 5.96 Å². The molecular weight excluding hydrogens is 368 g/mol. The highest BCUT2D eigenvalue weighted by atomic mass is 32.2. The predicted octanol–water partition coefficient (Wildman–Crippen LogP) is 0.845. The molecule has 0 spiro atoms. The second-order valence-electron chi connectivity index (χ2n) is 6.25. The molecule has 0 aliphatic carbocycles. The van der Waals surface area contributed by atoms with Gasteiger partial charge in [0.25, 0.3) is 0 Å². The van der Waals surface area contributed by atoms with Crippen molar-refractivity contribution in [1.29, 1.82) is 0 Å². The summed E-state index contributed by atoms with van der Waals surface area (Å²) in [7, 11) is -1.87. The van der Waals surface area contributed by atoms with Gasteiger partial charge in [-0.15, -0.1) is 0 Å². The highest BCUT2D eigenvalue weighted by Crippen LogP contribution is 2.14. The summed E-state index contributed by atoms with van der Waals surface area (Å²) in [6.45, 7) is 5.48. The lowest BCUT2D eigenvalue weighted by Gasteiger charge is -2.12. The minimum absolute atomic E-state index is 0.0246. The number of hydrogen-bond acceptors (Lipinski definition) is 5. The molecule has 1 unspecified atom stereocenters. The van der Waals surface area contributed by atoms with Crippen LogP contribution in [0.15, 0.2) is 34.2 Å². The molecule has 1 fully saturated rings. The zero-order chi connectivity index (χ0) is 19.5. The van der Waals surface area contributed by atoms with Crippen LogP contribution in [0.2, 0.25) is 0 Å². The van der Waals surface area contributed by atoms with Crippen molar-refractivity contribution in [3.8, 4) is 0 Å². The molecule has 0 aromatic heterocycles. The van der Waals surface area contributed by atoms with Crippen LogP contribution < -0.4 is 15.4 Å². The van der Waals surface area contributed by atoms with Crippen molar-refractivity contribution in [1.82, 2.24) is 15.4 Å². The van der Waals surface area contributed by atoms with Crippen molar-refractivity contribution in [2.45, 2.75) is 37.3 Å². The Morgan fingerprint density at radius 1 is 1.30 bits per heavy atom. The molecule has 1 aromatic rings. The summed E-state index contributed by atoms with van der Waals surface area (Å²) in [6, 6.07) is 6.77. The first-order chi connectivity index (χ1) is 13.0. The lowest BCUT2D eigenvalue weighted by Crippen LogP contribution is -2.38. The van der Waals surface area contributed by atoms with Gasteiger partial charge in [-0.1, -0.05) is 12.1 Å². The van der Waals surface area contributed by atoms with E-state index in [9.17, 15) is 8.42 Å². The van der Waals surface area contributed by atoms with Gasteiger partial charge in [-0.2, -0.15) is 0 Å². The minimum Gasteiger partial charge on any atom is -0.383 e. The molecule has 1 saturated heterocycles. The quantitative estimate of drug-likeness (QED) is 0.307. The molecule has 0 bridgehead atoms. The maximum Gasteiger partial charge on any atom is 0.240 e. The van der Waals surface area contributed by atoms with Crippen molar-refractivity contribution in [3.63, 3.8) is 0 Å². The van der Waals surface area contributed by atoms with Crippen molar-refractivity contribution < 1.29 is 17.9 Å². The molecule has 1 heterocycles. The fraction of sp³-hybridized carbons (Fsp3) is 0.611. The average Bonchev–Trinajstić information content (AvgIpc) is 3.19. The Morgan fingerprint density at radius 2 is 2.07 bits per heavy atom. The van der Waals surface area contributed by atoms with Crippen LogP contribution in [0.3, 0.4) is 0 Å². The van der Waals surface area contributed by atoms with Gasteiger partial charge in [0.2, 0.25) is 10.0 Å². The van der Waals surface area contributed by atoms with Gasteiger partial charge < -0.3 is 20.1 Å². The predicted molar refractivity (Wildman–Crippen MR) is 105 cm³/mol. The van der Waals surface area contributed by atoms with Crippen molar-refractivity contribution in [2.75, 3.05) is 40.0 Å². The Morgan fingerprint density at radius 3 is 2.70 bits per heavy atom. The van der Waals surface area contributed by atoms with E-state index in [0.717, 1.165) is 24.9 Å². The number of ether oxygens (including phenoxy) is 2. The number of rotatable bonds is 10. The Bertz CT molecular complexity index is 686. The van der Waals surface area contributed by atoms with E-state index in [0.29, 0.717) is 38.8 Å². The topological polar surface area (TPSA) is 101 Å². The SMILES string of the molecule is CCNC(=NCc1ccc(S(=O)(=O)NCC2CCCO2)cc1)NCCOC. The average molecular weight is 399 g/mol. The highest BCUT2D eigenvalue weighted by molar-refractivity contribution is 7.89. The fourth-order valence-corrected chi connectivity index (χ4v) is 3.72. The number of guanidine groups is 1. The monoisotopic (exact) mass is 398 g/mol. The zero-order valence-corrected chi connectivity index (χ0v) is 16.8. The molecular formula is C18H30N4O4S. The highest BCUT2D eigenvalue weighted by Gasteiger charge is 2.20. The van der Waals surface area contributed by atoms with E-state index in [1.54, 1.807) is 31.4 Å². The molecule has 0 radical (unpaired) electrons. The van der Waals surface area contributed by atoms with Crippen molar-refractivity contribution in [2.24, 2.45) is 4.99 Å². The zero-order valence-electron chi connectivity index (χ0n) is 16.0. The van der Waals surface area contributed by atoms with Gasteiger partial charge in [0.1, 0.15) is 0 Å². The number of methoxy groups -OCH3 is 1. The molecule has 1 aliphatic rings. The second-order valence-corrected chi connectivity index (χ2v) is 8.01. The summed E-state index contributed by atoms with van der Waals surface area (Å²) in [6.07, 6.45) is 1.85. The van der Waals surface area contributed by atoms with Crippen LogP contribution in [0, 0.1) is 0 Å². The van der Waals surface area contributed by atoms with Crippen LogP contribution in [-0.4, -0.2) is 60.4 Å². The first-order valence-corrected chi connectivity index (χ1v) is 10.7. The molecule has 9 heteroatoms. The maximum absolute atomic E-state index is 12.4. The van der Waals surface area contributed by atoms with Gasteiger partial charge >= 0.3 is 0 Å². The summed E-state index contributed by atoms with van der Waals surface area (Å²) in [4.78, 5) is 4.74. The van der Waals surface area contributed by atoms with E-state index in [-0.39, 0.29) is 11.0 Å². The molecule has 1 atom stereocenters. The van der Waals surface area contributed by atoms with Gasteiger partial charge in [-0.05, 0) is 37.5 Å². The summed E-state index contributed by atoms with van der Waals surface area (Å²) < 4.78 is 37.8. The number of nitrogens with zero attached hydrogens (tertiary/aromatic N) is 1. The van der Waals surface area contributed by atoms with Crippen LogP contribution in [0.25, 0.3) is 0 Å². The standard InChI is InChI=1S/C18H30N4O4S/c1-3-19-18(20-10-12-25-2)21-13-15-6-8-17(9-7-15)27(23,24)22-14-16-5-4-11-26-16/h6-9,16,22H,3-5,10-14H2,1-2H3,(H2,19,20,21). The molecule has 1 aliphatic heterocycles. The van der Waals surface area contributed by atoms with Gasteiger partial charge in [0, 0.05) is 33.4 Å². The Hall–Kier alpha value is -1.68. The number of aliphatic imine (C=N–C) groups is 1. The third kappa shape index (κ3) is 7.45. The summed E-state index contributed by atoms with van der Waals surface area (Å²) >= 11 is 0. The molecule has 152 valence electrons. The molecule has 0 amide bonds. The van der Waals surface area contributed by atoms with Gasteiger partial charge in [-0.25, -0.2) is 18.1 Å². The van der Waals surface area contributed by atoms with E-state index in [4.69, 9.17) is 9.47 Å². The maximum atomic E-state index is 12.4. The second kappa shape index (κ2) is 11.2. The molecule has 2 rings (SSSR count). The largest absolute Gasteiger partial charge is 0.383 e. The normalized spacial score (nSPS) is 17.9. The molecule has 27 heavy (non-hydrogen) atoms. The lowest BCUT2D eigenvalue weighted by atomic mass is 10.2. The number of hydrogen-bond donors (Lipinski definition) is 3. The number of sulfonamides is 1. The van der Waals surface area contributed by atoms with Crippen LogP contribution in [0.4, 0.5) is 0 Å². The molecule has 0 saturated carbocycles. The van der Waals surface area contributed by atoms with Crippen molar-refractivity contribution in [3.05, 3.63) is 29.8 Å². The number of nitrogens with one attached hydrogen (secondary N) is 3. The van der Waals surface area contributed by atoms with E-state index in [2.05, 4.69) is 20.3 Å². The first-order valence-electron chi connectivity index (χ1n) is 9.26. The third-order valence-corrected chi connectivity index (χ3v) is 5.56. The van der Waals surface area contributed by atoms with Gasteiger partial charge in [0.05, 0.1) is 24.2 Å². The molecule has 3 N–H and O–H groups in total. The Kier molecular flexibility index (Phi) is 8.99. The van der Waals surface area contributed by atoms with Crippen molar-refractivity contribution >= 4 is 16.0 Å². The summed E-state index contributed by atoms with van der Waals surface area (Å²) in [5.41, 5.74) is 0.928. The smallest absolute Gasteiger partial charge is 0.240 e. The Balaban J connectivity index is 1.91. The third-order valence-electron chi connectivity index (χ3n) is 4.12. The van der Waals surface area contributed by atoms with Crippen LogP contribution in [0.5, 0.6) is 0 Å². The van der Waals surface area contributed by atoms with Crippen LogP contribution >= 0.6 is 0 Å². The Labute approximate surface area is 161 Å². The number of benzene rings is 1. The van der Waals surface area contributed by atoms with E-state index in [1.165, 1.54) is 0 Å². The first kappa shape index (κ1) is 21.6. The molecule has 8 nitrogen and oxygen atoms in total.